The SMILES string of the molecule is COc1ccc2cc(C(C)=NNC(=O)c3ccc(O)cc3)ccc2c1. The van der Waals surface area contributed by atoms with Gasteiger partial charge in [0.1, 0.15) is 11.5 Å². The van der Waals surface area contributed by atoms with E-state index in [1.54, 1.807) is 19.2 Å². The van der Waals surface area contributed by atoms with Gasteiger partial charge in [-0.25, -0.2) is 5.43 Å². The molecule has 0 spiro atoms. The van der Waals surface area contributed by atoms with E-state index in [4.69, 9.17) is 4.74 Å². The molecule has 1 amide bonds. The first-order valence-corrected chi connectivity index (χ1v) is 7.78. The third-order valence-corrected chi connectivity index (χ3v) is 3.92. The van der Waals surface area contributed by atoms with Gasteiger partial charge in [0, 0.05) is 5.56 Å². The molecular weight excluding hydrogens is 316 g/mol. The molecule has 0 unspecified atom stereocenters. The molecule has 0 saturated carbocycles. The van der Waals surface area contributed by atoms with Gasteiger partial charge in [0.25, 0.3) is 5.91 Å². The van der Waals surface area contributed by atoms with Crippen LogP contribution in [0.4, 0.5) is 0 Å². The van der Waals surface area contributed by atoms with Crippen LogP contribution in [0.25, 0.3) is 10.8 Å². The van der Waals surface area contributed by atoms with Crippen molar-refractivity contribution in [2.45, 2.75) is 6.92 Å². The number of carbonyl (C=O) groups excluding carboxylic acids is 1. The zero-order valence-corrected chi connectivity index (χ0v) is 14.0. The van der Waals surface area contributed by atoms with Crippen molar-refractivity contribution in [3.63, 3.8) is 0 Å². The summed E-state index contributed by atoms with van der Waals surface area (Å²) in [6.45, 7) is 1.84. The van der Waals surface area contributed by atoms with Crippen molar-refractivity contribution < 1.29 is 14.6 Å². The van der Waals surface area contributed by atoms with Crippen molar-refractivity contribution in [1.82, 2.24) is 5.43 Å². The lowest BCUT2D eigenvalue weighted by molar-refractivity contribution is 0.0955. The lowest BCUT2D eigenvalue weighted by Crippen LogP contribution is -2.19. The first-order valence-electron chi connectivity index (χ1n) is 7.78. The second-order valence-corrected chi connectivity index (χ2v) is 5.61. The van der Waals surface area contributed by atoms with Crippen molar-refractivity contribution in [3.8, 4) is 11.5 Å². The number of phenolic OH excluding ortho intramolecular Hbond substituents is 1. The number of aromatic hydroxyl groups is 1. The third-order valence-electron chi connectivity index (χ3n) is 3.92. The van der Waals surface area contributed by atoms with E-state index in [-0.39, 0.29) is 11.7 Å². The van der Waals surface area contributed by atoms with Gasteiger partial charge < -0.3 is 9.84 Å². The van der Waals surface area contributed by atoms with E-state index in [0.29, 0.717) is 11.3 Å². The Morgan fingerprint density at radius 1 is 0.960 bits per heavy atom. The molecule has 5 heteroatoms. The van der Waals surface area contributed by atoms with Gasteiger partial charge in [-0.3, -0.25) is 4.79 Å². The maximum atomic E-state index is 12.1. The highest BCUT2D eigenvalue weighted by Crippen LogP contribution is 2.22. The summed E-state index contributed by atoms with van der Waals surface area (Å²) in [5.41, 5.74) is 4.58. The molecule has 0 radical (unpaired) electrons. The molecule has 0 fully saturated rings. The Bertz CT molecular complexity index is 947. The molecule has 3 aromatic rings. The Balaban J connectivity index is 1.78. The van der Waals surface area contributed by atoms with Crippen LogP contribution < -0.4 is 10.2 Å². The zero-order valence-electron chi connectivity index (χ0n) is 14.0. The summed E-state index contributed by atoms with van der Waals surface area (Å²) in [5, 5.41) is 15.6. The summed E-state index contributed by atoms with van der Waals surface area (Å²) in [6, 6.07) is 17.8. The van der Waals surface area contributed by atoms with Gasteiger partial charge in [-0.2, -0.15) is 5.10 Å². The average molecular weight is 334 g/mol. The molecule has 5 nitrogen and oxygen atoms in total. The molecule has 0 saturated heterocycles. The van der Waals surface area contributed by atoms with Gasteiger partial charge in [0.15, 0.2) is 0 Å². The summed E-state index contributed by atoms with van der Waals surface area (Å²) in [7, 11) is 1.64. The molecule has 3 rings (SSSR count). The number of hydrazone groups is 1. The predicted molar refractivity (Wildman–Crippen MR) is 98.3 cm³/mol. The van der Waals surface area contributed by atoms with Crippen molar-refractivity contribution in [3.05, 3.63) is 71.8 Å². The second-order valence-electron chi connectivity index (χ2n) is 5.61. The van der Waals surface area contributed by atoms with Crippen LogP contribution >= 0.6 is 0 Å². The number of hydrogen-bond acceptors (Lipinski definition) is 4. The Morgan fingerprint density at radius 3 is 2.32 bits per heavy atom. The first-order chi connectivity index (χ1) is 12.1. The molecule has 3 aromatic carbocycles. The van der Waals surface area contributed by atoms with Gasteiger partial charge in [0.2, 0.25) is 0 Å². The number of benzene rings is 3. The fourth-order valence-corrected chi connectivity index (χ4v) is 2.45. The average Bonchev–Trinajstić information content (AvgIpc) is 2.65. The number of phenols is 1. The number of nitrogens with one attached hydrogen (secondary N) is 1. The lowest BCUT2D eigenvalue weighted by atomic mass is 10.0. The number of hydrogen-bond donors (Lipinski definition) is 2. The summed E-state index contributed by atoms with van der Waals surface area (Å²) in [6.07, 6.45) is 0. The summed E-state index contributed by atoms with van der Waals surface area (Å²) in [4.78, 5) is 12.1. The molecule has 0 aliphatic rings. The number of methoxy groups -OCH3 is 1. The minimum Gasteiger partial charge on any atom is -0.508 e. The number of amides is 1. The zero-order chi connectivity index (χ0) is 17.8. The van der Waals surface area contributed by atoms with Gasteiger partial charge in [0.05, 0.1) is 12.8 Å². The molecule has 25 heavy (non-hydrogen) atoms. The third kappa shape index (κ3) is 3.77. The highest BCUT2D eigenvalue weighted by atomic mass is 16.5. The van der Waals surface area contributed by atoms with E-state index in [1.807, 2.05) is 43.3 Å². The fraction of sp³-hybridized carbons (Fsp3) is 0.100. The molecule has 0 bridgehead atoms. The van der Waals surface area contributed by atoms with Crippen LogP contribution in [-0.4, -0.2) is 23.8 Å². The van der Waals surface area contributed by atoms with Crippen LogP contribution in [0.15, 0.2) is 65.8 Å². The predicted octanol–water partition coefficient (Wildman–Crippen LogP) is 3.71. The van der Waals surface area contributed by atoms with E-state index in [9.17, 15) is 9.90 Å². The highest BCUT2D eigenvalue weighted by Gasteiger charge is 2.06. The molecule has 0 atom stereocenters. The van der Waals surface area contributed by atoms with E-state index >= 15 is 0 Å². The van der Waals surface area contributed by atoms with E-state index < -0.39 is 0 Å². The maximum Gasteiger partial charge on any atom is 0.271 e. The Labute approximate surface area is 145 Å². The van der Waals surface area contributed by atoms with Gasteiger partial charge in [-0.1, -0.05) is 18.2 Å². The Hall–Kier alpha value is -3.34. The van der Waals surface area contributed by atoms with Crippen LogP contribution in [0.2, 0.25) is 0 Å². The smallest absolute Gasteiger partial charge is 0.271 e. The minimum atomic E-state index is -0.329. The summed E-state index contributed by atoms with van der Waals surface area (Å²) >= 11 is 0. The minimum absolute atomic E-state index is 0.115. The van der Waals surface area contributed by atoms with E-state index in [1.165, 1.54) is 12.1 Å². The number of rotatable bonds is 4. The molecular formula is C20H18N2O3. The lowest BCUT2D eigenvalue weighted by Gasteiger charge is -2.06. The molecule has 126 valence electrons. The quantitative estimate of drug-likeness (QED) is 0.564. The number of fused-ring (bicyclic) bond motifs is 1. The van der Waals surface area contributed by atoms with E-state index in [0.717, 1.165) is 22.1 Å². The Morgan fingerprint density at radius 2 is 1.60 bits per heavy atom. The van der Waals surface area contributed by atoms with E-state index in [2.05, 4.69) is 10.5 Å². The molecule has 0 heterocycles. The highest BCUT2D eigenvalue weighted by molar-refractivity contribution is 6.03. The monoisotopic (exact) mass is 334 g/mol. The number of nitrogens with zero attached hydrogens (tertiary/aromatic N) is 1. The van der Waals surface area contributed by atoms with Gasteiger partial charge >= 0.3 is 0 Å². The number of ether oxygens (including phenoxy) is 1. The largest absolute Gasteiger partial charge is 0.508 e. The fourth-order valence-electron chi connectivity index (χ4n) is 2.45. The van der Waals surface area contributed by atoms with Gasteiger partial charge in [-0.15, -0.1) is 0 Å². The van der Waals surface area contributed by atoms with Crippen LogP contribution in [-0.2, 0) is 0 Å². The normalized spacial score (nSPS) is 11.4. The summed E-state index contributed by atoms with van der Waals surface area (Å²) in [5.74, 6) is 0.598. The topological polar surface area (TPSA) is 70.9 Å². The van der Waals surface area contributed by atoms with Crippen LogP contribution in [0, 0.1) is 0 Å². The van der Waals surface area contributed by atoms with Crippen LogP contribution in [0.3, 0.4) is 0 Å². The molecule has 0 aliphatic carbocycles. The summed E-state index contributed by atoms with van der Waals surface area (Å²) < 4.78 is 5.23. The van der Waals surface area contributed by atoms with Crippen LogP contribution in [0.1, 0.15) is 22.8 Å². The Kier molecular flexibility index (Phi) is 4.66. The first kappa shape index (κ1) is 16.5. The van der Waals surface area contributed by atoms with Crippen molar-refractivity contribution in [2.75, 3.05) is 7.11 Å². The van der Waals surface area contributed by atoms with Crippen molar-refractivity contribution in [2.24, 2.45) is 5.10 Å². The van der Waals surface area contributed by atoms with Crippen LogP contribution in [0.5, 0.6) is 11.5 Å². The van der Waals surface area contributed by atoms with Crippen molar-refractivity contribution in [1.29, 1.82) is 0 Å². The maximum absolute atomic E-state index is 12.1. The molecule has 0 aromatic heterocycles. The van der Waals surface area contributed by atoms with Gasteiger partial charge in [-0.05, 0) is 65.7 Å². The van der Waals surface area contributed by atoms with Crippen molar-refractivity contribution >= 4 is 22.4 Å². The molecule has 2 N–H and O–H groups in total. The number of carbonyl (C=O) groups is 1. The standard InChI is InChI=1S/C20H18N2O3/c1-13(21-22-20(24)14-5-8-18(23)9-6-14)15-3-4-17-12-19(25-2)10-7-16(17)11-15/h3-12,23H,1-2H3,(H,22,24). The second kappa shape index (κ2) is 7.05. The molecule has 0 aliphatic heterocycles.